The van der Waals surface area contributed by atoms with E-state index < -0.39 is 0 Å². The lowest BCUT2D eigenvalue weighted by Gasteiger charge is -2.17. The molecule has 0 aromatic heterocycles. The van der Waals surface area contributed by atoms with Gasteiger partial charge in [-0.05, 0) is 35.7 Å². The summed E-state index contributed by atoms with van der Waals surface area (Å²) in [5.41, 5.74) is 4.93. The zero-order valence-electron chi connectivity index (χ0n) is 14.2. The number of alkyl carbamates (subject to hydrolysis) is 1. The molecule has 2 N–H and O–H groups in total. The lowest BCUT2D eigenvalue weighted by atomic mass is 9.98. The van der Waals surface area contributed by atoms with Gasteiger partial charge in [0.1, 0.15) is 6.61 Å². The van der Waals surface area contributed by atoms with Gasteiger partial charge in [0.25, 0.3) is 0 Å². The molecule has 4 heteroatoms. The largest absolute Gasteiger partial charge is 0.449 e. The number of carbonyl (C=O) groups excluding carboxylic acids is 1. The fourth-order valence-corrected chi connectivity index (χ4v) is 3.25. The highest BCUT2D eigenvalue weighted by molar-refractivity contribution is 5.79. The lowest BCUT2D eigenvalue weighted by Crippen LogP contribution is -2.40. The van der Waals surface area contributed by atoms with Gasteiger partial charge >= 0.3 is 6.09 Å². The fraction of sp³-hybridized carbons (Fsp3) is 0.350. The minimum Gasteiger partial charge on any atom is -0.449 e. The molecule has 0 saturated heterocycles. The molecule has 1 aliphatic rings. The van der Waals surface area contributed by atoms with Crippen LogP contribution in [0.5, 0.6) is 0 Å². The van der Waals surface area contributed by atoms with Gasteiger partial charge in [-0.1, -0.05) is 55.5 Å². The van der Waals surface area contributed by atoms with Gasteiger partial charge in [-0.2, -0.15) is 0 Å². The molecule has 1 unspecified atom stereocenters. The highest BCUT2D eigenvalue weighted by Crippen LogP contribution is 2.44. The van der Waals surface area contributed by atoms with Crippen LogP contribution < -0.4 is 10.6 Å². The van der Waals surface area contributed by atoms with Crippen molar-refractivity contribution in [3.63, 3.8) is 0 Å². The molecule has 126 valence electrons. The van der Waals surface area contributed by atoms with E-state index in [0.717, 1.165) is 13.1 Å². The summed E-state index contributed by atoms with van der Waals surface area (Å²) in [7, 11) is 0. The minimum atomic E-state index is -0.359. The van der Waals surface area contributed by atoms with Crippen LogP contribution in [0.15, 0.2) is 48.5 Å². The zero-order chi connectivity index (χ0) is 16.9. The second-order valence-corrected chi connectivity index (χ2v) is 6.18. The predicted molar refractivity (Wildman–Crippen MR) is 96.2 cm³/mol. The van der Waals surface area contributed by atoms with Gasteiger partial charge < -0.3 is 15.4 Å². The van der Waals surface area contributed by atoms with Crippen LogP contribution in [-0.2, 0) is 4.74 Å². The summed E-state index contributed by atoms with van der Waals surface area (Å²) in [6, 6.07) is 16.7. The van der Waals surface area contributed by atoms with Gasteiger partial charge in [-0.15, -0.1) is 0 Å². The summed E-state index contributed by atoms with van der Waals surface area (Å²) >= 11 is 0. The maximum absolute atomic E-state index is 12.0. The van der Waals surface area contributed by atoms with E-state index in [4.69, 9.17) is 4.74 Å². The fourth-order valence-electron chi connectivity index (χ4n) is 3.25. The van der Waals surface area contributed by atoms with E-state index in [1.807, 2.05) is 38.1 Å². The molecular formula is C20H24N2O2. The summed E-state index contributed by atoms with van der Waals surface area (Å²) in [6.07, 6.45) is -0.359. The third-order valence-electron chi connectivity index (χ3n) is 4.41. The lowest BCUT2D eigenvalue weighted by molar-refractivity contribution is 0.139. The molecule has 3 rings (SSSR count). The highest BCUT2D eigenvalue weighted by Gasteiger charge is 2.29. The quantitative estimate of drug-likeness (QED) is 0.855. The first-order chi connectivity index (χ1) is 11.7. The number of fused-ring (bicyclic) bond motifs is 3. The van der Waals surface area contributed by atoms with Crippen molar-refractivity contribution in [2.45, 2.75) is 25.8 Å². The molecule has 1 amide bonds. The van der Waals surface area contributed by atoms with Crippen LogP contribution in [0.1, 0.15) is 30.9 Å². The molecule has 1 aliphatic carbocycles. The Labute approximate surface area is 143 Å². The van der Waals surface area contributed by atoms with E-state index in [2.05, 4.69) is 34.9 Å². The second-order valence-electron chi connectivity index (χ2n) is 6.18. The molecule has 0 radical (unpaired) electrons. The number of hydrogen-bond donors (Lipinski definition) is 2. The first kappa shape index (κ1) is 16.5. The summed E-state index contributed by atoms with van der Waals surface area (Å²) in [5, 5.41) is 6.07. The summed E-state index contributed by atoms with van der Waals surface area (Å²) in [6.45, 7) is 5.98. The Morgan fingerprint density at radius 2 is 1.67 bits per heavy atom. The van der Waals surface area contributed by atoms with Gasteiger partial charge in [-0.25, -0.2) is 4.79 Å². The molecule has 2 aromatic rings. The Balaban J connectivity index is 1.66. The van der Waals surface area contributed by atoms with E-state index in [-0.39, 0.29) is 18.1 Å². The monoisotopic (exact) mass is 324 g/mol. The van der Waals surface area contributed by atoms with Gasteiger partial charge in [0, 0.05) is 18.5 Å². The van der Waals surface area contributed by atoms with E-state index in [9.17, 15) is 4.79 Å². The van der Waals surface area contributed by atoms with Crippen molar-refractivity contribution in [2.75, 3.05) is 19.7 Å². The molecule has 0 fully saturated rings. The van der Waals surface area contributed by atoms with E-state index >= 15 is 0 Å². The van der Waals surface area contributed by atoms with Crippen molar-refractivity contribution >= 4 is 6.09 Å². The van der Waals surface area contributed by atoms with Crippen molar-refractivity contribution in [1.29, 1.82) is 0 Å². The second kappa shape index (κ2) is 7.49. The first-order valence-electron chi connectivity index (χ1n) is 8.53. The van der Waals surface area contributed by atoms with Crippen molar-refractivity contribution < 1.29 is 9.53 Å². The normalized spacial score (nSPS) is 13.9. The first-order valence-corrected chi connectivity index (χ1v) is 8.53. The van der Waals surface area contributed by atoms with Gasteiger partial charge in [0.2, 0.25) is 0 Å². The SMILES string of the molecule is CCNCC(C)NC(=O)OCC1c2ccccc2-c2ccccc21. The van der Waals surface area contributed by atoms with Crippen molar-refractivity contribution in [2.24, 2.45) is 0 Å². The van der Waals surface area contributed by atoms with E-state index in [1.54, 1.807) is 0 Å². The minimum absolute atomic E-state index is 0.0422. The van der Waals surface area contributed by atoms with Crippen LogP contribution in [0, 0.1) is 0 Å². The average molecular weight is 324 g/mol. The Hall–Kier alpha value is -2.33. The topological polar surface area (TPSA) is 50.4 Å². The summed E-state index contributed by atoms with van der Waals surface area (Å²) in [5.74, 6) is 0.104. The van der Waals surface area contributed by atoms with Gasteiger partial charge in [0.05, 0.1) is 0 Å². The van der Waals surface area contributed by atoms with Crippen LogP contribution in [0.4, 0.5) is 4.79 Å². The van der Waals surface area contributed by atoms with Crippen LogP contribution in [-0.4, -0.2) is 31.8 Å². The predicted octanol–water partition coefficient (Wildman–Crippen LogP) is 3.52. The molecule has 2 aromatic carbocycles. The number of hydrogen-bond acceptors (Lipinski definition) is 3. The van der Waals surface area contributed by atoms with Crippen LogP contribution in [0.2, 0.25) is 0 Å². The molecule has 0 saturated carbocycles. The van der Waals surface area contributed by atoms with E-state index in [0.29, 0.717) is 6.61 Å². The smallest absolute Gasteiger partial charge is 0.407 e. The van der Waals surface area contributed by atoms with Crippen LogP contribution in [0.25, 0.3) is 11.1 Å². The zero-order valence-corrected chi connectivity index (χ0v) is 14.2. The van der Waals surface area contributed by atoms with Gasteiger partial charge in [0.15, 0.2) is 0 Å². The van der Waals surface area contributed by atoms with Crippen molar-refractivity contribution in [1.82, 2.24) is 10.6 Å². The number of ether oxygens (including phenoxy) is 1. The Bertz CT molecular complexity index is 669. The van der Waals surface area contributed by atoms with Crippen molar-refractivity contribution in [3.05, 3.63) is 59.7 Å². The Morgan fingerprint density at radius 1 is 1.08 bits per heavy atom. The number of nitrogens with one attached hydrogen (secondary N) is 2. The molecule has 0 heterocycles. The molecular weight excluding hydrogens is 300 g/mol. The number of benzene rings is 2. The average Bonchev–Trinajstić information content (AvgIpc) is 2.92. The Kier molecular flexibility index (Phi) is 5.16. The molecule has 0 spiro atoms. The molecule has 1 atom stereocenters. The number of carbonyl (C=O) groups is 1. The molecule has 0 bridgehead atoms. The number of rotatable bonds is 6. The molecule has 4 nitrogen and oxygen atoms in total. The van der Waals surface area contributed by atoms with Crippen LogP contribution >= 0.6 is 0 Å². The molecule has 0 aliphatic heterocycles. The van der Waals surface area contributed by atoms with Gasteiger partial charge in [-0.3, -0.25) is 0 Å². The molecule has 24 heavy (non-hydrogen) atoms. The maximum atomic E-state index is 12.0. The van der Waals surface area contributed by atoms with E-state index in [1.165, 1.54) is 22.3 Å². The third kappa shape index (κ3) is 3.44. The number of likely N-dealkylation sites (N-methyl/N-ethyl adjacent to an activating group) is 1. The summed E-state index contributed by atoms with van der Waals surface area (Å²) < 4.78 is 5.51. The summed E-state index contributed by atoms with van der Waals surface area (Å²) in [4.78, 5) is 12.0. The number of amides is 1. The third-order valence-corrected chi connectivity index (χ3v) is 4.41. The Morgan fingerprint density at radius 3 is 2.25 bits per heavy atom. The van der Waals surface area contributed by atoms with Crippen LogP contribution in [0.3, 0.4) is 0 Å². The highest BCUT2D eigenvalue weighted by atomic mass is 16.5. The maximum Gasteiger partial charge on any atom is 0.407 e. The van der Waals surface area contributed by atoms with Crippen molar-refractivity contribution in [3.8, 4) is 11.1 Å². The standard InChI is InChI=1S/C20H24N2O2/c1-3-21-12-14(2)22-20(23)24-13-19-17-10-6-4-8-15(17)16-9-5-7-11-18(16)19/h4-11,14,19,21H,3,12-13H2,1-2H3,(H,22,23).